The molecule has 0 radical (unpaired) electrons. The van der Waals surface area contributed by atoms with E-state index in [9.17, 15) is 9.59 Å². The zero-order chi connectivity index (χ0) is 24.1. The molecular formula is C25H30N4O3S2. The Balaban J connectivity index is 1.41. The van der Waals surface area contributed by atoms with Crippen LogP contribution in [0.25, 0.3) is 11.1 Å². The molecule has 1 fully saturated rings. The Morgan fingerprint density at radius 3 is 2.62 bits per heavy atom. The van der Waals surface area contributed by atoms with Crippen molar-refractivity contribution in [3.8, 4) is 11.1 Å². The number of aromatic nitrogens is 3. The molecule has 1 saturated carbocycles. The van der Waals surface area contributed by atoms with E-state index < -0.39 is 5.97 Å². The second-order valence-electron chi connectivity index (χ2n) is 8.71. The third-order valence-corrected chi connectivity index (χ3v) is 8.17. The lowest BCUT2D eigenvalue weighted by Crippen LogP contribution is -2.16. The van der Waals surface area contributed by atoms with Crippen LogP contribution in [0.4, 0.5) is 5.00 Å². The summed E-state index contributed by atoms with van der Waals surface area (Å²) in [6.07, 6.45) is 7.38. The first-order chi connectivity index (χ1) is 16.5. The Bertz CT molecular complexity index is 1150. The van der Waals surface area contributed by atoms with Gasteiger partial charge in [0.2, 0.25) is 5.91 Å². The molecule has 2 aromatic heterocycles. The van der Waals surface area contributed by atoms with Crippen molar-refractivity contribution in [2.45, 2.75) is 50.6 Å². The Morgan fingerprint density at radius 1 is 1.18 bits per heavy atom. The lowest BCUT2D eigenvalue weighted by molar-refractivity contribution is -0.113. The maximum Gasteiger partial charge on any atom is 0.341 e. The number of esters is 1. The van der Waals surface area contributed by atoms with Crippen LogP contribution in [0.15, 0.2) is 34.8 Å². The van der Waals surface area contributed by atoms with Crippen LogP contribution in [0.2, 0.25) is 0 Å². The molecule has 1 amide bonds. The van der Waals surface area contributed by atoms with Gasteiger partial charge in [-0.2, -0.15) is 0 Å². The van der Waals surface area contributed by atoms with E-state index in [4.69, 9.17) is 4.74 Å². The van der Waals surface area contributed by atoms with E-state index in [1.165, 1.54) is 62.3 Å². The summed E-state index contributed by atoms with van der Waals surface area (Å²) in [5, 5.41) is 14.6. The molecule has 1 aromatic carbocycles. The number of amides is 1. The van der Waals surface area contributed by atoms with Crippen molar-refractivity contribution in [1.82, 2.24) is 14.8 Å². The van der Waals surface area contributed by atoms with Gasteiger partial charge in [-0.25, -0.2) is 4.79 Å². The molecule has 1 N–H and O–H groups in total. The highest BCUT2D eigenvalue weighted by molar-refractivity contribution is 7.99. The van der Waals surface area contributed by atoms with E-state index in [0.29, 0.717) is 16.5 Å². The van der Waals surface area contributed by atoms with Gasteiger partial charge in [0.1, 0.15) is 16.4 Å². The summed E-state index contributed by atoms with van der Waals surface area (Å²) in [5.41, 5.74) is 3.17. The molecule has 9 heteroatoms. The minimum atomic E-state index is -0.472. The van der Waals surface area contributed by atoms with Gasteiger partial charge in [0.15, 0.2) is 5.16 Å². The number of carbonyl (C=O) groups excluding carboxylic acids is 2. The number of rotatable bonds is 8. The average molecular weight is 499 g/mol. The molecule has 2 heterocycles. The van der Waals surface area contributed by atoms with Crippen molar-refractivity contribution in [2.24, 2.45) is 13.0 Å². The van der Waals surface area contributed by atoms with Gasteiger partial charge in [-0.1, -0.05) is 73.7 Å². The number of nitrogens with zero attached hydrogens (tertiary/aromatic N) is 3. The fourth-order valence-corrected chi connectivity index (χ4v) is 5.99. The number of hydrogen-bond donors (Lipinski definition) is 1. The quantitative estimate of drug-likeness (QED) is 0.326. The first kappa shape index (κ1) is 24.5. The van der Waals surface area contributed by atoms with Crippen LogP contribution in [0.1, 0.15) is 53.8 Å². The summed E-state index contributed by atoms with van der Waals surface area (Å²) in [4.78, 5) is 25.3. The molecule has 0 bridgehead atoms. The monoisotopic (exact) mass is 498 g/mol. The number of benzene rings is 1. The zero-order valence-corrected chi connectivity index (χ0v) is 21.4. The van der Waals surface area contributed by atoms with Crippen LogP contribution >= 0.6 is 23.1 Å². The number of thioether (sulfide) groups is 1. The summed E-state index contributed by atoms with van der Waals surface area (Å²) in [6.45, 7) is 2.01. The molecule has 0 unspecified atom stereocenters. The Morgan fingerprint density at radius 2 is 1.91 bits per heavy atom. The molecule has 7 nitrogen and oxygen atoms in total. The van der Waals surface area contributed by atoms with Crippen LogP contribution in [0.5, 0.6) is 0 Å². The SMILES string of the molecule is COC(=O)c1c(-c2ccc(C)cc2)csc1NC(=O)CSc1nnc(CC2CCCCC2)n1C. The standard InChI is InChI=1S/C25H30N4O3S2/c1-16-9-11-18(12-10-16)19-14-33-23(22(19)24(31)32-3)26-21(30)15-34-25-28-27-20(29(25)2)13-17-7-5-4-6-8-17/h9-12,14,17H,4-8,13,15H2,1-3H3,(H,26,30). The van der Waals surface area contributed by atoms with Crippen molar-refractivity contribution in [3.63, 3.8) is 0 Å². The van der Waals surface area contributed by atoms with Crippen molar-refractivity contribution in [3.05, 3.63) is 46.6 Å². The largest absolute Gasteiger partial charge is 0.465 e. The first-order valence-electron chi connectivity index (χ1n) is 11.5. The van der Waals surface area contributed by atoms with Gasteiger partial charge >= 0.3 is 5.97 Å². The number of thiophene rings is 1. The number of ether oxygens (including phenoxy) is 1. The smallest absolute Gasteiger partial charge is 0.341 e. The molecular weight excluding hydrogens is 468 g/mol. The average Bonchev–Trinajstić information content (AvgIpc) is 3.42. The molecule has 0 spiro atoms. The second-order valence-corrected chi connectivity index (χ2v) is 10.5. The highest BCUT2D eigenvalue weighted by Gasteiger charge is 2.23. The molecule has 3 aromatic rings. The second kappa shape index (κ2) is 11.2. The maximum absolute atomic E-state index is 12.7. The van der Waals surface area contributed by atoms with Crippen molar-refractivity contribution < 1.29 is 14.3 Å². The van der Waals surface area contributed by atoms with Crippen LogP contribution in [-0.4, -0.2) is 39.5 Å². The lowest BCUT2D eigenvalue weighted by atomic mass is 9.87. The van der Waals surface area contributed by atoms with Crippen molar-refractivity contribution in [2.75, 3.05) is 18.2 Å². The van der Waals surface area contributed by atoms with E-state index in [0.717, 1.165) is 34.1 Å². The first-order valence-corrected chi connectivity index (χ1v) is 13.4. The number of aryl methyl sites for hydroxylation is 1. The lowest BCUT2D eigenvalue weighted by Gasteiger charge is -2.20. The third-order valence-electron chi connectivity index (χ3n) is 6.25. The molecule has 34 heavy (non-hydrogen) atoms. The molecule has 0 saturated heterocycles. The van der Waals surface area contributed by atoms with Gasteiger partial charge in [0.05, 0.1) is 12.9 Å². The minimum Gasteiger partial charge on any atom is -0.465 e. The van der Waals surface area contributed by atoms with E-state index in [-0.39, 0.29) is 11.7 Å². The predicted molar refractivity (Wildman–Crippen MR) is 136 cm³/mol. The van der Waals surface area contributed by atoms with Gasteiger partial charge in [0.25, 0.3) is 0 Å². The highest BCUT2D eigenvalue weighted by Crippen LogP contribution is 2.36. The van der Waals surface area contributed by atoms with Gasteiger partial charge in [-0.05, 0) is 18.4 Å². The Hall–Kier alpha value is -2.65. The van der Waals surface area contributed by atoms with Gasteiger partial charge in [-0.15, -0.1) is 21.5 Å². The summed E-state index contributed by atoms with van der Waals surface area (Å²) >= 11 is 2.67. The molecule has 1 aliphatic carbocycles. The molecule has 0 aliphatic heterocycles. The van der Waals surface area contributed by atoms with E-state index >= 15 is 0 Å². The number of methoxy groups -OCH3 is 1. The van der Waals surface area contributed by atoms with E-state index in [1.807, 2.05) is 48.2 Å². The van der Waals surface area contributed by atoms with Crippen LogP contribution < -0.4 is 5.32 Å². The predicted octanol–water partition coefficient (Wildman–Crippen LogP) is 5.49. The Labute approximate surface area is 208 Å². The minimum absolute atomic E-state index is 0.174. The zero-order valence-electron chi connectivity index (χ0n) is 19.8. The molecule has 4 rings (SSSR count). The van der Waals surface area contributed by atoms with Gasteiger partial charge in [-0.3, -0.25) is 4.79 Å². The topological polar surface area (TPSA) is 86.1 Å². The fourth-order valence-electron chi connectivity index (χ4n) is 4.29. The molecule has 1 aliphatic rings. The van der Waals surface area contributed by atoms with Gasteiger partial charge < -0.3 is 14.6 Å². The maximum atomic E-state index is 12.7. The number of anilines is 1. The number of nitrogens with one attached hydrogen (secondary N) is 1. The van der Waals surface area contributed by atoms with Crippen LogP contribution in [-0.2, 0) is 23.0 Å². The normalized spacial score (nSPS) is 14.2. The van der Waals surface area contributed by atoms with Crippen LogP contribution in [0.3, 0.4) is 0 Å². The molecule has 0 atom stereocenters. The van der Waals surface area contributed by atoms with Crippen molar-refractivity contribution in [1.29, 1.82) is 0 Å². The number of carbonyl (C=O) groups is 2. The summed E-state index contributed by atoms with van der Waals surface area (Å²) in [5.74, 6) is 1.15. The summed E-state index contributed by atoms with van der Waals surface area (Å²) < 4.78 is 7.00. The summed E-state index contributed by atoms with van der Waals surface area (Å²) in [7, 11) is 3.31. The van der Waals surface area contributed by atoms with Crippen LogP contribution in [0, 0.1) is 12.8 Å². The fraction of sp³-hybridized carbons (Fsp3) is 0.440. The van der Waals surface area contributed by atoms with Crippen molar-refractivity contribution >= 4 is 40.0 Å². The number of hydrogen-bond acceptors (Lipinski definition) is 7. The molecule has 180 valence electrons. The van der Waals surface area contributed by atoms with E-state index in [2.05, 4.69) is 15.5 Å². The van der Waals surface area contributed by atoms with E-state index in [1.54, 1.807) is 0 Å². The highest BCUT2D eigenvalue weighted by atomic mass is 32.2. The third kappa shape index (κ3) is 5.70. The van der Waals surface area contributed by atoms with Gasteiger partial charge in [0, 0.05) is 24.4 Å². The Kier molecular flexibility index (Phi) is 8.05. The summed E-state index contributed by atoms with van der Waals surface area (Å²) in [6, 6.07) is 7.91.